The average Bonchev–Trinajstić information content (AvgIpc) is 3.21. The van der Waals surface area contributed by atoms with Crippen LogP contribution in [0, 0.1) is 13.8 Å². The number of hydrogen-bond donors (Lipinski definition) is 2. The van der Waals surface area contributed by atoms with E-state index in [0.717, 1.165) is 28.1 Å². The van der Waals surface area contributed by atoms with Gasteiger partial charge in [-0.3, -0.25) is 9.59 Å². The third-order valence-corrected chi connectivity index (χ3v) is 6.12. The number of para-hydroxylation sites is 1. The lowest BCUT2D eigenvalue weighted by Crippen LogP contribution is -2.26. The first-order valence-corrected chi connectivity index (χ1v) is 11.7. The van der Waals surface area contributed by atoms with Gasteiger partial charge < -0.3 is 19.9 Å². The van der Waals surface area contributed by atoms with Crippen LogP contribution in [-0.2, 0) is 29.1 Å². The molecule has 0 aliphatic rings. The number of nitrogens with zero attached hydrogens (tertiary/aromatic N) is 3. The molecule has 3 rings (SSSR count). The molecule has 0 bridgehead atoms. The zero-order valence-corrected chi connectivity index (χ0v) is 20.2. The number of carbonyl (C=O) groups is 2. The number of benzene rings is 2. The molecule has 0 aliphatic carbocycles. The van der Waals surface area contributed by atoms with Gasteiger partial charge in [-0.15, -0.1) is 10.2 Å². The van der Waals surface area contributed by atoms with Gasteiger partial charge in [0.15, 0.2) is 11.0 Å². The zero-order chi connectivity index (χ0) is 23.8. The number of anilines is 1. The fraction of sp³-hybridized carbons (Fsp3) is 0.333. The maximum atomic E-state index is 12.5. The highest BCUT2D eigenvalue weighted by Crippen LogP contribution is 2.21. The third-order valence-electron chi connectivity index (χ3n) is 5.15. The van der Waals surface area contributed by atoms with Crippen LogP contribution in [0.3, 0.4) is 0 Å². The first-order valence-electron chi connectivity index (χ1n) is 10.7. The van der Waals surface area contributed by atoms with Crippen LogP contribution in [0.4, 0.5) is 5.69 Å². The molecule has 1 heterocycles. The lowest BCUT2D eigenvalue weighted by Gasteiger charge is -2.11. The molecule has 0 unspecified atom stereocenters. The van der Waals surface area contributed by atoms with E-state index in [1.807, 2.05) is 67.8 Å². The molecule has 0 aliphatic heterocycles. The Hall–Kier alpha value is -3.33. The highest BCUT2D eigenvalue weighted by molar-refractivity contribution is 7.99. The fourth-order valence-electron chi connectivity index (χ4n) is 3.36. The minimum atomic E-state index is -0.104. The molecule has 2 aromatic carbocycles. The Bertz CT molecular complexity index is 1090. The SMILES string of the molecule is CCn1c(CNC(=O)Cc2ccc(OC)cc2)nnc1SCC(=O)Nc1c(C)cccc1C. The Balaban J connectivity index is 1.53. The number of ether oxygens (including phenoxy) is 1. The average molecular weight is 468 g/mol. The molecular weight excluding hydrogens is 438 g/mol. The summed E-state index contributed by atoms with van der Waals surface area (Å²) in [6.45, 7) is 6.83. The van der Waals surface area contributed by atoms with Gasteiger partial charge in [0.05, 0.1) is 25.8 Å². The number of amides is 2. The smallest absolute Gasteiger partial charge is 0.234 e. The zero-order valence-electron chi connectivity index (χ0n) is 19.3. The Morgan fingerprint density at radius 3 is 2.36 bits per heavy atom. The fourth-order valence-corrected chi connectivity index (χ4v) is 4.18. The Morgan fingerprint density at radius 2 is 1.73 bits per heavy atom. The van der Waals surface area contributed by atoms with Gasteiger partial charge in [-0.2, -0.15) is 0 Å². The Kier molecular flexibility index (Phi) is 8.48. The number of aromatic nitrogens is 3. The van der Waals surface area contributed by atoms with Crippen molar-refractivity contribution in [2.45, 2.75) is 45.4 Å². The molecule has 174 valence electrons. The van der Waals surface area contributed by atoms with Crippen LogP contribution in [0.2, 0.25) is 0 Å². The van der Waals surface area contributed by atoms with Gasteiger partial charge in [-0.05, 0) is 49.6 Å². The van der Waals surface area contributed by atoms with Crippen LogP contribution in [-0.4, -0.2) is 39.4 Å². The molecule has 3 aromatic rings. The van der Waals surface area contributed by atoms with E-state index in [0.29, 0.717) is 17.5 Å². The molecule has 1 aromatic heterocycles. The summed E-state index contributed by atoms with van der Waals surface area (Å²) in [7, 11) is 1.61. The van der Waals surface area contributed by atoms with Crippen LogP contribution in [0.1, 0.15) is 29.4 Å². The van der Waals surface area contributed by atoms with Crippen molar-refractivity contribution < 1.29 is 14.3 Å². The van der Waals surface area contributed by atoms with Crippen LogP contribution < -0.4 is 15.4 Å². The topological polar surface area (TPSA) is 98.1 Å². The maximum Gasteiger partial charge on any atom is 0.234 e. The monoisotopic (exact) mass is 467 g/mol. The Morgan fingerprint density at radius 1 is 1.03 bits per heavy atom. The van der Waals surface area contributed by atoms with E-state index in [-0.39, 0.29) is 30.5 Å². The van der Waals surface area contributed by atoms with Crippen LogP contribution in [0.5, 0.6) is 5.75 Å². The van der Waals surface area contributed by atoms with Crippen LogP contribution >= 0.6 is 11.8 Å². The van der Waals surface area contributed by atoms with E-state index in [1.54, 1.807) is 7.11 Å². The van der Waals surface area contributed by atoms with Crippen molar-refractivity contribution in [1.82, 2.24) is 20.1 Å². The van der Waals surface area contributed by atoms with E-state index in [2.05, 4.69) is 20.8 Å². The maximum absolute atomic E-state index is 12.5. The van der Waals surface area contributed by atoms with Crippen molar-refractivity contribution in [3.63, 3.8) is 0 Å². The summed E-state index contributed by atoms with van der Waals surface area (Å²) in [5.41, 5.74) is 3.80. The number of thioether (sulfide) groups is 1. The molecule has 2 N–H and O–H groups in total. The second-order valence-corrected chi connectivity index (χ2v) is 8.49. The van der Waals surface area contributed by atoms with Crippen LogP contribution in [0.25, 0.3) is 0 Å². The molecule has 9 heteroatoms. The van der Waals surface area contributed by atoms with Gasteiger partial charge in [0.25, 0.3) is 0 Å². The van der Waals surface area contributed by atoms with Crippen molar-refractivity contribution in [2.75, 3.05) is 18.2 Å². The van der Waals surface area contributed by atoms with E-state index in [1.165, 1.54) is 11.8 Å². The van der Waals surface area contributed by atoms with Gasteiger partial charge in [-0.1, -0.05) is 42.1 Å². The molecule has 0 saturated carbocycles. The summed E-state index contributed by atoms with van der Waals surface area (Å²) in [6, 6.07) is 13.3. The lowest BCUT2D eigenvalue weighted by molar-refractivity contribution is -0.120. The van der Waals surface area contributed by atoms with Crippen molar-refractivity contribution >= 4 is 29.3 Å². The van der Waals surface area contributed by atoms with E-state index < -0.39 is 0 Å². The number of nitrogens with one attached hydrogen (secondary N) is 2. The molecule has 0 radical (unpaired) electrons. The largest absolute Gasteiger partial charge is 0.497 e. The highest BCUT2D eigenvalue weighted by Gasteiger charge is 2.15. The second-order valence-electron chi connectivity index (χ2n) is 7.55. The van der Waals surface area contributed by atoms with Crippen molar-refractivity contribution in [1.29, 1.82) is 0 Å². The molecule has 8 nitrogen and oxygen atoms in total. The van der Waals surface area contributed by atoms with Gasteiger partial charge in [0.2, 0.25) is 11.8 Å². The minimum Gasteiger partial charge on any atom is -0.497 e. The molecule has 0 saturated heterocycles. The number of carbonyl (C=O) groups excluding carboxylic acids is 2. The predicted octanol–water partition coefficient (Wildman–Crippen LogP) is 3.51. The summed E-state index contributed by atoms with van der Waals surface area (Å²) in [5.74, 6) is 1.42. The minimum absolute atomic E-state index is 0.0996. The summed E-state index contributed by atoms with van der Waals surface area (Å²) in [6.07, 6.45) is 0.268. The highest BCUT2D eigenvalue weighted by atomic mass is 32.2. The van der Waals surface area contributed by atoms with Gasteiger partial charge in [-0.25, -0.2) is 0 Å². The standard InChI is InChI=1S/C24H29N5O3S/c1-5-29-20(14-25-21(30)13-18-9-11-19(32-4)12-10-18)27-28-24(29)33-15-22(31)26-23-16(2)7-6-8-17(23)3/h6-12H,5,13-15H2,1-4H3,(H,25,30)(H,26,31). The summed E-state index contributed by atoms with van der Waals surface area (Å²) < 4.78 is 7.04. The number of rotatable bonds is 10. The van der Waals surface area contributed by atoms with Gasteiger partial charge in [0, 0.05) is 12.2 Å². The van der Waals surface area contributed by atoms with Crippen molar-refractivity contribution in [2.24, 2.45) is 0 Å². The van der Waals surface area contributed by atoms with E-state index in [9.17, 15) is 9.59 Å². The third kappa shape index (κ3) is 6.58. The van der Waals surface area contributed by atoms with Crippen LogP contribution in [0.15, 0.2) is 47.6 Å². The second kappa shape index (κ2) is 11.5. The number of hydrogen-bond acceptors (Lipinski definition) is 6. The number of aryl methyl sites for hydroxylation is 2. The van der Waals surface area contributed by atoms with Crippen molar-refractivity contribution in [3.05, 3.63) is 65.0 Å². The normalized spacial score (nSPS) is 10.7. The molecular formula is C24H29N5O3S. The predicted molar refractivity (Wildman–Crippen MR) is 130 cm³/mol. The molecule has 0 atom stereocenters. The summed E-state index contributed by atoms with van der Waals surface area (Å²) in [5, 5.41) is 14.9. The number of methoxy groups -OCH3 is 1. The van der Waals surface area contributed by atoms with Gasteiger partial charge >= 0.3 is 0 Å². The van der Waals surface area contributed by atoms with Gasteiger partial charge in [0.1, 0.15) is 5.75 Å². The first kappa shape index (κ1) is 24.3. The summed E-state index contributed by atoms with van der Waals surface area (Å²) >= 11 is 1.32. The molecule has 0 spiro atoms. The van der Waals surface area contributed by atoms with E-state index >= 15 is 0 Å². The molecule has 33 heavy (non-hydrogen) atoms. The van der Waals surface area contributed by atoms with Crippen molar-refractivity contribution in [3.8, 4) is 5.75 Å². The lowest BCUT2D eigenvalue weighted by atomic mass is 10.1. The summed E-state index contributed by atoms with van der Waals surface area (Å²) in [4.78, 5) is 24.8. The van der Waals surface area contributed by atoms with E-state index in [4.69, 9.17) is 4.74 Å². The first-order chi connectivity index (χ1) is 15.9. The molecule has 0 fully saturated rings. The molecule has 2 amide bonds. The Labute approximate surface area is 198 Å². The quantitative estimate of drug-likeness (QED) is 0.443.